The Balaban J connectivity index is 2.29. The molecule has 0 bridgehead atoms. The third-order valence-electron chi connectivity index (χ3n) is 2.67. The number of nitrogens with one attached hydrogen (secondary N) is 1. The minimum absolute atomic E-state index is 0.140. The van der Waals surface area contributed by atoms with E-state index in [9.17, 15) is 13.2 Å². The van der Waals surface area contributed by atoms with Crippen molar-refractivity contribution < 1.29 is 17.9 Å². The van der Waals surface area contributed by atoms with Gasteiger partial charge >= 0.3 is 0 Å². The summed E-state index contributed by atoms with van der Waals surface area (Å²) in [5.74, 6) is 0.0237. The fourth-order valence-corrected chi connectivity index (χ4v) is 2.18. The van der Waals surface area contributed by atoms with Crippen molar-refractivity contribution in [3.63, 3.8) is 0 Å². The minimum Gasteiger partial charge on any atom is -0.477 e. The molecule has 0 aliphatic carbocycles. The van der Waals surface area contributed by atoms with Gasteiger partial charge in [-0.25, -0.2) is 17.8 Å². The van der Waals surface area contributed by atoms with Gasteiger partial charge in [0, 0.05) is 6.07 Å². The summed E-state index contributed by atoms with van der Waals surface area (Å²) in [7, 11) is -3.64. The van der Waals surface area contributed by atoms with Gasteiger partial charge in [0.05, 0.1) is 30.3 Å². The van der Waals surface area contributed by atoms with E-state index in [2.05, 4.69) is 15.3 Å². The summed E-state index contributed by atoms with van der Waals surface area (Å²) in [5, 5.41) is 11.9. The number of rotatable bonds is 5. The topological polar surface area (TPSA) is 116 Å². The molecule has 0 aromatic carbocycles. The maximum Gasteiger partial charge on any atom is 0.268 e. The largest absolute Gasteiger partial charge is 0.477 e. The first-order chi connectivity index (χ1) is 10.3. The highest BCUT2D eigenvalue weighted by Gasteiger charge is 2.18. The molecule has 0 saturated carbocycles. The normalized spacial score (nSPS) is 11.2. The van der Waals surface area contributed by atoms with Crippen LogP contribution in [0.4, 0.5) is 0 Å². The van der Waals surface area contributed by atoms with Gasteiger partial charge in [0.1, 0.15) is 0 Å². The molecule has 2 heterocycles. The van der Waals surface area contributed by atoms with E-state index < -0.39 is 15.9 Å². The van der Waals surface area contributed by atoms with E-state index in [1.54, 1.807) is 19.1 Å². The number of carbonyl (C=O) groups excluding carboxylic acids is 1. The third-order valence-corrected chi connectivity index (χ3v) is 3.22. The molecule has 0 saturated heterocycles. The Morgan fingerprint density at radius 2 is 2.09 bits per heavy atom. The second-order valence-electron chi connectivity index (χ2n) is 4.42. The fraction of sp³-hybridized carbons (Fsp3) is 0.333. The molecule has 0 aliphatic rings. The van der Waals surface area contributed by atoms with E-state index in [0.717, 1.165) is 6.26 Å². The van der Waals surface area contributed by atoms with E-state index >= 15 is 0 Å². The molecule has 0 unspecified atom stereocenters. The summed E-state index contributed by atoms with van der Waals surface area (Å²) in [6, 6.07) is 3.26. The summed E-state index contributed by atoms with van der Waals surface area (Å²) in [6.45, 7) is 3.94. The van der Waals surface area contributed by atoms with Gasteiger partial charge in [0.2, 0.25) is 15.9 Å². The number of ether oxygens (including phenoxy) is 1. The van der Waals surface area contributed by atoms with E-state index in [4.69, 9.17) is 4.74 Å². The Hall–Kier alpha value is -2.49. The smallest absolute Gasteiger partial charge is 0.268 e. The molecule has 22 heavy (non-hydrogen) atoms. The zero-order valence-corrected chi connectivity index (χ0v) is 13.1. The molecule has 0 spiro atoms. The van der Waals surface area contributed by atoms with Crippen LogP contribution in [-0.4, -0.2) is 47.2 Å². The second-order valence-corrected chi connectivity index (χ2v) is 6.17. The number of nitrogens with zero attached hydrogens (tertiary/aromatic N) is 4. The van der Waals surface area contributed by atoms with Gasteiger partial charge in [-0.3, -0.25) is 4.79 Å². The summed E-state index contributed by atoms with van der Waals surface area (Å²) in [4.78, 5) is 11.9. The van der Waals surface area contributed by atoms with Crippen molar-refractivity contribution in [3.05, 3.63) is 29.6 Å². The zero-order chi connectivity index (χ0) is 16.3. The standard InChI is InChI=1S/C12H15N5O4S/c1-4-21-11-6-5-10(14-15-11)17-8(2)9(7-13-17)12(18)16-22(3,19)20/h5-7H,4H2,1-3H3,(H,16,18). The van der Waals surface area contributed by atoms with E-state index in [1.165, 1.54) is 10.9 Å². The first-order valence-electron chi connectivity index (χ1n) is 6.35. The monoisotopic (exact) mass is 325 g/mol. The predicted molar refractivity (Wildman–Crippen MR) is 77.4 cm³/mol. The highest BCUT2D eigenvalue weighted by Crippen LogP contribution is 2.14. The number of hydrogen-bond donors (Lipinski definition) is 1. The number of carbonyl (C=O) groups is 1. The average Bonchev–Trinajstić information content (AvgIpc) is 2.80. The summed E-state index contributed by atoms with van der Waals surface area (Å²) in [6.07, 6.45) is 2.18. The molecule has 2 aromatic rings. The Morgan fingerprint density at radius 1 is 1.36 bits per heavy atom. The lowest BCUT2D eigenvalue weighted by molar-refractivity contribution is 0.0981. The lowest BCUT2D eigenvalue weighted by atomic mass is 10.2. The summed E-state index contributed by atoms with van der Waals surface area (Å²) >= 11 is 0. The Kier molecular flexibility index (Phi) is 4.40. The van der Waals surface area contributed by atoms with Crippen molar-refractivity contribution in [2.45, 2.75) is 13.8 Å². The number of amides is 1. The molecular weight excluding hydrogens is 310 g/mol. The number of sulfonamides is 1. The molecule has 2 rings (SSSR count). The van der Waals surface area contributed by atoms with Crippen molar-refractivity contribution in [1.82, 2.24) is 24.7 Å². The van der Waals surface area contributed by atoms with Crippen molar-refractivity contribution in [3.8, 4) is 11.7 Å². The maximum absolute atomic E-state index is 11.9. The van der Waals surface area contributed by atoms with Gasteiger partial charge in [0.25, 0.3) is 5.91 Å². The van der Waals surface area contributed by atoms with Gasteiger partial charge in [-0.15, -0.1) is 10.2 Å². The highest BCUT2D eigenvalue weighted by molar-refractivity contribution is 7.89. The minimum atomic E-state index is -3.64. The van der Waals surface area contributed by atoms with E-state index in [-0.39, 0.29) is 5.56 Å². The molecule has 0 radical (unpaired) electrons. The second kappa shape index (κ2) is 6.10. The van der Waals surface area contributed by atoms with Gasteiger partial charge < -0.3 is 4.74 Å². The Morgan fingerprint density at radius 3 is 2.64 bits per heavy atom. The molecule has 9 nitrogen and oxygen atoms in total. The van der Waals surface area contributed by atoms with Crippen LogP contribution in [0.15, 0.2) is 18.3 Å². The molecule has 1 N–H and O–H groups in total. The molecular formula is C12H15N5O4S. The molecule has 0 fully saturated rings. The van der Waals surface area contributed by atoms with Crippen molar-refractivity contribution in [2.75, 3.05) is 12.9 Å². The molecule has 1 amide bonds. The van der Waals surface area contributed by atoms with Crippen LogP contribution < -0.4 is 9.46 Å². The van der Waals surface area contributed by atoms with Crippen LogP contribution in [0.25, 0.3) is 5.82 Å². The lowest BCUT2D eigenvalue weighted by Crippen LogP contribution is -2.29. The van der Waals surface area contributed by atoms with Crippen LogP contribution in [0.3, 0.4) is 0 Å². The quantitative estimate of drug-likeness (QED) is 0.826. The van der Waals surface area contributed by atoms with Crippen LogP contribution in [0.1, 0.15) is 23.0 Å². The maximum atomic E-state index is 11.9. The summed E-state index contributed by atoms with van der Waals surface area (Å²) < 4.78 is 30.7. The van der Waals surface area contributed by atoms with E-state index in [0.29, 0.717) is 24.0 Å². The number of hydrogen-bond acceptors (Lipinski definition) is 7. The van der Waals surface area contributed by atoms with Gasteiger partial charge in [-0.1, -0.05) is 0 Å². The van der Waals surface area contributed by atoms with Crippen LogP contribution in [0.2, 0.25) is 0 Å². The van der Waals surface area contributed by atoms with Crippen molar-refractivity contribution in [2.24, 2.45) is 0 Å². The predicted octanol–water partition coefficient (Wildman–Crippen LogP) is 0.0588. The van der Waals surface area contributed by atoms with Gasteiger partial charge in [-0.2, -0.15) is 5.10 Å². The van der Waals surface area contributed by atoms with Crippen LogP contribution in [0.5, 0.6) is 5.88 Å². The van der Waals surface area contributed by atoms with Crippen molar-refractivity contribution >= 4 is 15.9 Å². The molecule has 2 aromatic heterocycles. The fourth-order valence-electron chi connectivity index (χ4n) is 1.74. The SMILES string of the molecule is CCOc1ccc(-n2ncc(C(=O)NS(C)(=O)=O)c2C)nn1. The highest BCUT2D eigenvalue weighted by atomic mass is 32.2. The average molecular weight is 325 g/mol. The Bertz CT molecular complexity index is 782. The first-order valence-corrected chi connectivity index (χ1v) is 8.24. The van der Waals surface area contributed by atoms with Gasteiger partial charge in [0.15, 0.2) is 5.82 Å². The van der Waals surface area contributed by atoms with Gasteiger partial charge in [-0.05, 0) is 19.9 Å². The number of aromatic nitrogens is 4. The van der Waals surface area contributed by atoms with E-state index in [1.807, 2.05) is 11.6 Å². The molecule has 0 aliphatic heterocycles. The Labute approximate surface area is 127 Å². The molecule has 0 atom stereocenters. The summed E-state index contributed by atoms with van der Waals surface area (Å²) in [5.41, 5.74) is 0.584. The molecule has 10 heteroatoms. The van der Waals surface area contributed by atoms with Crippen LogP contribution >= 0.6 is 0 Å². The lowest BCUT2D eigenvalue weighted by Gasteiger charge is -2.05. The van der Waals surface area contributed by atoms with Crippen LogP contribution in [-0.2, 0) is 10.0 Å². The zero-order valence-electron chi connectivity index (χ0n) is 12.3. The first kappa shape index (κ1) is 15.9. The third kappa shape index (κ3) is 3.58. The van der Waals surface area contributed by atoms with Crippen LogP contribution in [0, 0.1) is 6.92 Å². The van der Waals surface area contributed by atoms with Crippen molar-refractivity contribution in [1.29, 1.82) is 0 Å². The molecule has 118 valence electrons.